The number of cyclic esters (lactones) is 1. The fraction of sp³-hybridized carbons (Fsp3) is 0.286. The van der Waals surface area contributed by atoms with E-state index in [2.05, 4.69) is 5.32 Å². The molecule has 2 N–H and O–H groups in total. The van der Waals surface area contributed by atoms with Crippen molar-refractivity contribution in [3.63, 3.8) is 0 Å². The number of amides is 1. The Morgan fingerprint density at radius 1 is 1.05 bits per heavy atom. The van der Waals surface area contributed by atoms with E-state index in [9.17, 15) is 19.1 Å². The van der Waals surface area contributed by atoms with Crippen LogP contribution in [0.15, 0.2) is 66.7 Å². The van der Waals surface area contributed by atoms with Gasteiger partial charge < -0.3 is 24.8 Å². The maximum absolute atomic E-state index is 14.8. The summed E-state index contributed by atoms with van der Waals surface area (Å²) < 4.78 is 25.6. The second-order valence-electron chi connectivity index (χ2n) is 9.03. The Morgan fingerprint density at radius 2 is 1.81 bits per heavy atom. The van der Waals surface area contributed by atoms with E-state index in [0.717, 1.165) is 11.1 Å². The normalized spacial score (nSPS) is 17.6. The second kappa shape index (κ2) is 11.0. The van der Waals surface area contributed by atoms with E-state index in [4.69, 9.17) is 9.47 Å². The van der Waals surface area contributed by atoms with E-state index in [1.165, 1.54) is 11.0 Å². The van der Waals surface area contributed by atoms with Gasteiger partial charge in [-0.05, 0) is 41.0 Å². The van der Waals surface area contributed by atoms with E-state index < -0.39 is 12.1 Å². The zero-order valence-corrected chi connectivity index (χ0v) is 20.2. The van der Waals surface area contributed by atoms with Gasteiger partial charge in [-0.2, -0.15) is 0 Å². The number of aromatic carboxylic acids is 1. The van der Waals surface area contributed by atoms with Crippen LogP contribution < -0.4 is 15.1 Å². The Labute approximate surface area is 214 Å². The molecule has 0 saturated carbocycles. The number of rotatable bonds is 8. The van der Waals surface area contributed by atoms with E-state index in [-0.39, 0.29) is 17.5 Å². The third kappa shape index (κ3) is 5.58. The topological polar surface area (TPSA) is 91.3 Å². The first-order valence-corrected chi connectivity index (χ1v) is 12.2. The predicted molar refractivity (Wildman–Crippen MR) is 138 cm³/mol. The lowest BCUT2D eigenvalue weighted by molar-refractivity contribution is 0.0697. The molecule has 9 heteroatoms. The van der Waals surface area contributed by atoms with Gasteiger partial charge in [0.05, 0.1) is 36.7 Å². The van der Waals surface area contributed by atoms with Crippen LogP contribution in [0.3, 0.4) is 0 Å². The molecular formula is C28H28FN3O5. The molecule has 2 aliphatic rings. The molecule has 1 amide bonds. The van der Waals surface area contributed by atoms with Gasteiger partial charge in [0, 0.05) is 26.2 Å². The maximum Gasteiger partial charge on any atom is 0.414 e. The quantitative estimate of drug-likeness (QED) is 0.475. The Kier molecular flexibility index (Phi) is 7.34. The highest BCUT2D eigenvalue weighted by molar-refractivity contribution is 5.96. The SMILES string of the molecule is O=C(O)c1ccccc1-c1ccc(CNC[C@H]2CN(c3ccc(N4CCOCC4)c(F)c3)C(=O)O2)cc1. The molecule has 2 aliphatic heterocycles. The standard InChI is InChI=1S/C28H28FN3O5/c29-25-15-21(9-10-26(25)31-11-13-36-14-12-31)32-18-22(37-28(32)35)17-30-16-19-5-7-20(8-6-19)23-3-1-2-4-24(23)27(33)34/h1-10,15,22,30H,11-14,16-18H2,(H,33,34)/t22-/m0/s1. The summed E-state index contributed by atoms with van der Waals surface area (Å²) in [5, 5.41) is 12.7. The first-order chi connectivity index (χ1) is 18.0. The fourth-order valence-electron chi connectivity index (χ4n) is 4.66. The van der Waals surface area contributed by atoms with Crippen LogP contribution in [0.5, 0.6) is 0 Å². The molecule has 0 aliphatic carbocycles. The zero-order valence-electron chi connectivity index (χ0n) is 20.2. The van der Waals surface area contributed by atoms with Crippen LogP contribution in [-0.4, -0.2) is 62.7 Å². The Bertz CT molecular complexity index is 1280. The number of carboxylic acid groups (broad SMARTS) is 1. The van der Waals surface area contributed by atoms with Crippen LogP contribution in [0.1, 0.15) is 15.9 Å². The third-order valence-corrected chi connectivity index (χ3v) is 6.59. The molecule has 0 aromatic heterocycles. The maximum atomic E-state index is 14.8. The molecular weight excluding hydrogens is 477 g/mol. The molecule has 1 atom stereocenters. The summed E-state index contributed by atoms with van der Waals surface area (Å²) in [5.41, 5.74) is 3.75. The summed E-state index contributed by atoms with van der Waals surface area (Å²) in [5.74, 6) is -1.33. The number of carbonyl (C=O) groups is 2. The number of anilines is 2. The van der Waals surface area contributed by atoms with Crippen molar-refractivity contribution in [1.29, 1.82) is 0 Å². The average Bonchev–Trinajstić information content (AvgIpc) is 3.29. The minimum Gasteiger partial charge on any atom is -0.478 e. The number of hydrogen-bond acceptors (Lipinski definition) is 6. The van der Waals surface area contributed by atoms with Crippen molar-refractivity contribution in [1.82, 2.24) is 5.32 Å². The number of carbonyl (C=O) groups excluding carboxylic acids is 1. The van der Waals surface area contributed by atoms with Crippen LogP contribution in [0.25, 0.3) is 11.1 Å². The molecule has 192 valence electrons. The van der Waals surface area contributed by atoms with Gasteiger partial charge in [0.2, 0.25) is 0 Å². The average molecular weight is 506 g/mol. The smallest absolute Gasteiger partial charge is 0.414 e. The lowest BCUT2D eigenvalue weighted by Crippen LogP contribution is -2.36. The first kappa shape index (κ1) is 24.7. The third-order valence-electron chi connectivity index (χ3n) is 6.59. The molecule has 2 heterocycles. The number of ether oxygens (including phenoxy) is 2. The molecule has 5 rings (SSSR count). The van der Waals surface area contributed by atoms with Crippen molar-refractivity contribution in [2.75, 3.05) is 49.2 Å². The van der Waals surface area contributed by atoms with Gasteiger partial charge in [-0.3, -0.25) is 4.90 Å². The molecule has 0 unspecified atom stereocenters. The van der Waals surface area contributed by atoms with Gasteiger partial charge in [-0.1, -0.05) is 42.5 Å². The van der Waals surface area contributed by atoms with Crippen LogP contribution in [0, 0.1) is 5.82 Å². The van der Waals surface area contributed by atoms with Crippen molar-refractivity contribution in [2.24, 2.45) is 0 Å². The largest absolute Gasteiger partial charge is 0.478 e. The summed E-state index contributed by atoms with van der Waals surface area (Å²) in [6.45, 7) is 3.72. The van der Waals surface area contributed by atoms with Crippen molar-refractivity contribution < 1.29 is 28.6 Å². The lowest BCUT2D eigenvalue weighted by atomic mass is 9.99. The fourth-order valence-corrected chi connectivity index (χ4v) is 4.66. The lowest BCUT2D eigenvalue weighted by Gasteiger charge is -2.29. The minimum atomic E-state index is -0.961. The predicted octanol–water partition coefficient (Wildman–Crippen LogP) is 4.14. The van der Waals surface area contributed by atoms with Gasteiger partial charge in [-0.15, -0.1) is 0 Å². The molecule has 3 aromatic rings. The van der Waals surface area contributed by atoms with E-state index in [1.54, 1.807) is 30.3 Å². The Hall–Kier alpha value is -3.95. The zero-order chi connectivity index (χ0) is 25.8. The molecule has 37 heavy (non-hydrogen) atoms. The summed E-state index contributed by atoms with van der Waals surface area (Å²) >= 11 is 0. The number of nitrogens with zero attached hydrogens (tertiary/aromatic N) is 2. The van der Waals surface area contributed by atoms with Crippen molar-refractivity contribution in [2.45, 2.75) is 12.6 Å². The first-order valence-electron chi connectivity index (χ1n) is 12.2. The van der Waals surface area contributed by atoms with E-state index in [0.29, 0.717) is 62.9 Å². The molecule has 0 bridgehead atoms. The summed E-state index contributed by atoms with van der Waals surface area (Å²) in [7, 11) is 0. The number of hydrogen-bond donors (Lipinski definition) is 2. The summed E-state index contributed by atoms with van der Waals surface area (Å²) in [6, 6.07) is 19.4. The van der Waals surface area contributed by atoms with Gasteiger partial charge in [0.25, 0.3) is 0 Å². The van der Waals surface area contributed by atoms with Crippen LogP contribution in [-0.2, 0) is 16.0 Å². The summed E-state index contributed by atoms with van der Waals surface area (Å²) in [4.78, 5) is 27.3. The highest BCUT2D eigenvalue weighted by Crippen LogP contribution is 2.28. The van der Waals surface area contributed by atoms with Gasteiger partial charge in [-0.25, -0.2) is 14.0 Å². The molecule has 8 nitrogen and oxygen atoms in total. The Morgan fingerprint density at radius 3 is 2.54 bits per heavy atom. The van der Waals surface area contributed by atoms with Gasteiger partial charge in [0.1, 0.15) is 11.9 Å². The van der Waals surface area contributed by atoms with E-state index in [1.807, 2.05) is 35.2 Å². The van der Waals surface area contributed by atoms with Crippen LogP contribution in [0.4, 0.5) is 20.6 Å². The molecule has 2 saturated heterocycles. The second-order valence-corrected chi connectivity index (χ2v) is 9.03. The van der Waals surface area contributed by atoms with Gasteiger partial charge in [0.15, 0.2) is 0 Å². The minimum absolute atomic E-state index is 0.261. The number of benzene rings is 3. The summed E-state index contributed by atoms with van der Waals surface area (Å²) in [6.07, 6.45) is -0.858. The van der Waals surface area contributed by atoms with E-state index >= 15 is 0 Å². The monoisotopic (exact) mass is 505 g/mol. The van der Waals surface area contributed by atoms with Crippen molar-refractivity contribution in [3.8, 4) is 11.1 Å². The Balaban J connectivity index is 1.15. The molecule has 2 fully saturated rings. The molecule has 3 aromatic carbocycles. The van der Waals surface area contributed by atoms with Crippen LogP contribution >= 0.6 is 0 Å². The number of nitrogens with one attached hydrogen (secondary N) is 1. The van der Waals surface area contributed by atoms with Crippen molar-refractivity contribution in [3.05, 3.63) is 83.7 Å². The highest BCUT2D eigenvalue weighted by atomic mass is 19.1. The number of halogens is 1. The highest BCUT2D eigenvalue weighted by Gasteiger charge is 2.32. The number of morpholine rings is 1. The van der Waals surface area contributed by atoms with Crippen molar-refractivity contribution >= 4 is 23.4 Å². The van der Waals surface area contributed by atoms with Crippen LogP contribution in [0.2, 0.25) is 0 Å². The number of carboxylic acids is 1. The van der Waals surface area contributed by atoms with Gasteiger partial charge >= 0.3 is 12.1 Å². The molecule has 0 radical (unpaired) electrons. The molecule has 0 spiro atoms.